The van der Waals surface area contributed by atoms with Gasteiger partial charge in [-0.05, 0) is 12.1 Å². The summed E-state index contributed by atoms with van der Waals surface area (Å²) in [7, 11) is 0. The van der Waals surface area contributed by atoms with Crippen LogP contribution in [0.5, 0.6) is 0 Å². The zero-order valence-corrected chi connectivity index (χ0v) is 20.3. The van der Waals surface area contributed by atoms with Gasteiger partial charge in [0.05, 0.1) is 22.8 Å². The maximum Gasteiger partial charge on any atom is 0.247 e. The van der Waals surface area contributed by atoms with Crippen molar-refractivity contribution < 1.29 is 9.59 Å². The van der Waals surface area contributed by atoms with Crippen LogP contribution in [0.3, 0.4) is 0 Å². The van der Waals surface area contributed by atoms with Crippen LogP contribution in [0.2, 0.25) is 0 Å². The minimum absolute atomic E-state index is 0.0590. The van der Waals surface area contributed by atoms with Gasteiger partial charge in [0.15, 0.2) is 0 Å². The van der Waals surface area contributed by atoms with E-state index >= 15 is 0 Å². The summed E-state index contributed by atoms with van der Waals surface area (Å²) in [6.07, 6.45) is 0.728. The van der Waals surface area contributed by atoms with Gasteiger partial charge in [-0.15, -0.1) is 0 Å². The highest BCUT2D eigenvalue weighted by Crippen LogP contribution is 2.30. The molecule has 0 fully saturated rings. The van der Waals surface area contributed by atoms with Crippen molar-refractivity contribution in [1.29, 1.82) is 0 Å². The zero-order chi connectivity index (χ0) is 25.1. The molecule has 0 radical (unpaired) electrons. The normalized spacial score (nSPS) is 10.9. The molecule has 0 aliphatic heterocycles. The smallest absolute Gasteiger partial charge is 0.247 e. The monoisotopic (exact) mass is 474 g/mol. The number of aromatic nitrogens is 4. The lowest BCUT2D eigenvalue weighted by atomic mass is 10.0. The highest BCUT2D eigenvalue weighted by molar-refractivity contribution is 5.86. The van der Waals surface area contributed by atoms with E-state index in [1.165, 1.54) is 9.36 Å². The van der Waals surface area contributed by atoms with Gasteiger partial charge in [-0.25, -0.2) is 0 Å². The lowest BCUT2D eigenvalue weighted by Crippen LogP contribution is -2.12. The van der Waals surface area contributed by atoms with Gasteiger partial charge in [-0.1, -0.05) is 98.8 Å². The van der Waals surface area contributed by atoms with E-state index in [9.17, 15) is 9.59 Å². The molecule has 3 aromatic carbocycles. The quantitative estimate of drug-likeness (QED) is 0.270. The summed E-state index contributed by atoms with van der Waals surface area (Å²) < 4.78 is 2.98. The number of nitrogens with zero attached hydrogens (tertiary/aromatic N) is 4. The average molecular weight is 475 g/mol. The maximum atomic E-state index is 12.6. The van der Waals surface area contributed by atoms with E-state index in [-0.39, 0.29) is 11.8 Å². The Hall–Kier alpha value is -4.58. The average Bonchev–Trinajstić information content (AvgIpc) is 3.59. The molecule has 5 aromatic rings. The first-order valence-corrected chi connectivity index (χ1v) is 12.1. The highest BCUT2D eigenvalue weighted by Gasteiger charge is 2.18. The van der Waals surface area contributed by atoms with Gasteiger partial charge in [0, 0.05) is 35.1 Å². The molecule has 2 heterocycles. The molecule has 0 saturated carbocycles. The lowest BCUT2D eigenvalue weighted by molar-refractivity contribution is 0.0887. The molecule has 5 rings (SSSR count). The molecule has 0 unspecified atom stereocenters. The van der Waals surface area contributed by atoms with Crippen molar-refractivity contribution in [1.82, 2.24) is 19.6 Å². The number of rotatable bonds is 6. The largest absolute Gasteiger partial charge is 0.273 e. The summed E-state index contributed by atoms with van der Waals surface area (Å²) in [5.41, 5.74) is 6.65. The molecule has 0 spiro atoms. The number of hydrogen-bond donors (Lipinski definition) is 0. The van der Waals surface area contributed by atoms with Gasteiger partial charge in [0.2, 0.25) is 11.8 Å². The van der Waals surface area contributed by atoms with Gasteiger partial charge in [-0.3, -0.25) is 9.59 Å². The van der Waals surface area contributed by atoms with Gasteiger partial charge in [0.25, 0.3) is 0 Å². The van der Waals surface area contributed by atoms with E-state index in [1.807, 2.05) is 111 Å². The van der Waals surface area contributed by atoms with Crippen LogP contribution >= 0.6 is 0 Å². The van der Waals surface area contributed by atoms with Gasteiger partial charge in [-0.2, -0.15) is 19.6 Å². The fourth-order valence-electron chi connectivity index (χ4n) is 4.16. The van der Waals surface area contributed by atoms with E-state index in [0.29, 0.717) is 12.8 Å². The Balaban J connectivity index is 1.51. The Kier molecular flexibility index (Phi) is 6.41. The number of benzene rings is 3. The van der Waals surface area contributed by atoms with Crippen LogP contribution in [0.25, 0.3) is 45.0 Å². The summed E-state index contributed by atoms with van der Waals surface area (Å²) in [6.45, 7) is 3.67. The molecular weight excluding hydrogens is 448 g/mol. The van der Waals surface area contributed by atoms with Crippen LogP contribution < -0.4 is 0 Å². The predicted molar refractivity (Wildman–Crippen MR) is 142 cm³/mol. The van der Waals surface area contributed by atoms with Crippen LogP contribution in [0.4, 0.5) is 0 Å². The number of carbonyl (C=O) groups excluding carboxylic acids is 2. The fourth-order valence-corrected chi connectivity index (χ4v) is 4.16. The molecular formula is C30H26N4O2. The van der Waals surface area contributed by atoms with Crippen LogP contribution in [0, 0.1) is 0 Å². The summed E-state index contributed by atoms with van der Waals surface area (Å²) >= 11 is 0. The van der Waals surface area contributed by atoms with Crippen LogP contribution in [-0.4, -0.2) is 31.4 Å². The highest BCUT2D eigenvalue weighted by atomic mass is 16.2. The molecule has 0 bridgehead atoms. The first-order chi connectivity index (χ1) is 17.6. The van der Waals surface area contributed by atoms with Gasteiger partial charge in [0.1, 0.15) is 0 Å². The van der Waals surface area contributed by atoms with E-state index in [0.717, 1.165) is 45.0 Å². The third-order valence-corrected chi connectivity index (χ3v) is 6.11. The summed E-state index contributed by atoms with van der Waals surface area (Å²) in [6, 6.07) is 31.3. The molecule has 0 saturated heterocycles. The first kappa shape index (κ1) is 23.2. The second kappa shape index (κ2) is 9.96. The molecule has 36 heavy (non-hydrogen) atoms. The van der Waals surface area contributed by atoms with Crippen molar-refractivity contribution in [2.45, 2.75) is 26.7 Å². The van der Waals surface area contributed by atoms with Crippen molar-refractivity contribution in [2.75, 3.05) is 0 Å². The van der Waals surface area contributed by atoms with Crippen molar-refractivity contribution in [3.8, 4) is 45.0 Å². The minimum Gasteiger partial charge on any atom is -0.273 e. The third-order valence-electron chi connectivity index (χ3n) is 6.11. The molecule has 0 amide bonds. The van der Waals surface area contributed by atoms with Gasteiger partial charge >= 0.3 is 0 Å². The predicted octanol–water partition coefficient (Wildman–Crippen LogP) is 6.85. The zero-order valence-electron chi connectivity index (χ0n) is 20.3. The second-order valence-corrected chi connectivity index (χ2v) is 8.46. The summed E-state index contributed by atoms with van der Waals surface area (Å²) in [5.74, 6) is -0.118. The van der Waals surface area contributed by atoms with Crippen molar-refractivity contribution >= 4 is 11.8 Å². The van der Waals surface area contributed by atoms with E-state index in [4.69, 9.17) is 0 Å². The third kappa shape index (κ3) is 4.41. The van der Waals surface area contributed by atoms with Crippen LogP contribution in [0.15, 0.2) is 97.1 Å². The SMILES string of the molecule is CCC(=O)n1nc(-c2ccc(-c3cc(-c4ccccc4)n(C(=O)CC)n3)cc2)cc1-c1ccccc1. The van der Waals surface area contributed by atoms with Crippen LogP contribution in [-0.2, 0) is 0 Å². The molecule has 0 atom stereocenters. The fraction of sp³-hybridized carbons (Fsp3) is 0.133. The summed E-state index contributed by atoms with van der Waals surface area (Å²) in [5, 5.41) is 9.25. The van der Waals surface area contributed by atoms with E-state index in [2.05, 4.69) is 10.2 Å². The molecule has 6 nitrogen and oxygen atoms in total. The topological polar surface area (TPSA) is 69.8 Å². The molecule has 2 aromatic heterocycles. The lowest BCUT2D eigenvalue weighted by Gasteiger charge is -2.04. The van der Waals surface area contributed by atoms with Gasteiger partial charge < -0.3 is 0 Å². The molecule has 0 aliphatic carbocycles. The second-order valence-electron chi connectivity index (χ2n) is 8.46. The minimum atomic E-state index is -0.0590. The van der Waals surface area contributed by atoms with E-state index < -0.39 is 0 Å². The van der Waals surface area contributed by atoms with Crippen molar-refractivity contribution in [3.05, 3.63) is 97.1 Å². The Morgan fingerprint density at radius 2 is 0.917 bits per heavy atom. The summed E-state index contributed by atoms with van der Waals surface area (Å²) in [4.78, 5) is 25.2. The van der Waals surface area contributed by atoms with E-state index in [1.54, 1.807) is 0 Å². The molecule has 0 N–H and O–H groups in total. The van der Waals surface area contributed by atoms with Crippen molar-refractivity contribution in [3.63, 3.8) is 0 Å². The number of hydrogen-bond acceptors (Lipinski definition) is 4. The first-order valence-electron chi connectivity index (χ1n) is 12.1. The molecule has 6 heteroatoms. The number of carbonyl (C=O) groups is 2. The Bertz CT molecular complexity index is 1400. The molecule has 0 aliphatic rings. The Labute approximate surface area is 209 Å². The Morgan fingerprint density at radius 3 is 1.25 bits per heavy atom. The molecule has 178 valence electrons. The van der Waals surface area contributed by atoms with Crippen molar-refractivity contribution in [2.24, 2.45) is 0 Å². The Morgan fingerprint density at radius 1 is 0.556 bits per heavy atom. The van der Waals surface area contributed by atoms with Crippen LogP contribution in [0.1, 0.15) is 36.3 Å². The maximum absolute atomic E-state index is 12.6. The standard InChI is InChI=1S/C30H26N4O2/c1-3-29(35)33-27(23-11-7-5-8-12-23)19-25(31-33)21-15-17-22(18-16-21)26-20-28(24-13-9-6-10-14-24)34(32-26)30(36)4-2/h5-20H,3-4H2,1-2H3.